The van der Waals surface area contributed by atoms with Gasteiger partial charge in [-0.05, 0) is 30.2 Å². The molecule has 1 saturated heterocycles. The number of hydrogen-bond donors (Lipinski definition) is 1. The average molecular weight is 470 g/mol. The van der Waals surface area contributed by atoms with Gasteiger partial charge in [-0.25, -0.2) is 0 Å². The number of fused-ring (bicyclic) bond motifs is 1. The second-order valence-electron chi connectivity index (χ2n) is 8.26. The summed E-state index contributed by atoms with van der Waals surface area (Å²) in [5.41, 5.74) is 2.51. The molecule has 182 valence electrons. The van der Waals surface area contributed by atoms with Crippen LogP contribution in [-0.2, 0) is 11.2 Å². The Morgan fingerprint density at radius 3 is 2.29 bits per heavy atom. The summed E-state index contributed by atoms with van der Waals surface area (Å²) in [5, 5.41) is 2.86. The van der Waals surface area contributed by atoms with Gasteiger partial charge in [-0.3, -0.25) is 14.5 Å². The van der Waals surface area contributed by atoms with E-state index in [1.165, 1.54) is 0 Å². The number of carbonyl (C=O) groups is 2. The topological polar surface area (TPSA) is 89.6 Å². The molecule has 0 aliphatic carbocycles. The van der Waals surface area contributed by atoms with E-state index >= 15 is 0 Å². The maximum atomic E-state index is 13.0. The summed E-state index contributed by atoms with van der Waals surface area (Å²) in [6.45, 7) is 4.14. The summed E-state index contributed by atoms with van der Waals surface area (Å²) < 4.78 is 22.0. The zero-order valence-electron chi connectivity index (χ0n) is 19.9. The molecule has 2 heterocycles. The number of aryl methyl sites for hydroxylation is 1. The lowest BCUT2D eigenvalue weighted by atomic mass is 10.00. The van der Waals surface area contributed by atoms with E-state index in [4.69, 9.17) is 18.9 Å². The van der Waals surface area contributed by atoms with Crippen molar-refractivity contribution in [1.29, 1.82) is 0 Å². The van der Waals surface area contributed by atoms with E-state index in [1.54, 1.807) is 39.5 Å². The lowest BCUT2D eigenvalue weighted by Crippen LogP contribution is -2.49. The van der Waals surface area contributed by atoms with Gasteiger partial charge in [0, 0.05) is 62.5 Å². The van der Waals surface area contributed by atoms with Gasteiger partial charge in [0.05, 0.1) is 21.3 Å². The highest BCUT2D eigenvalue weighted by atomic mass is 16.5. The quantitative estimate of drug-likeness (QED) is 0.635. The molecule has 0 radical (unpaired) electrons. The molecule has 1 N–H and O–H groups in total. The maximum Gasteiger partial charge on any atom is 0.253 e. The summed E-state index contributed by atoms with van der Waals surface area (Å²) in [7, 11) is 4.71. The largest absolute Gasteiger partial charge is 0.493 e. The number of benzene rings is 2. The van der Waals surface area contributed by atoms with Crippen molar-refractivity contribution in [3.05, 3.63) is 41.5 Å². The van der Waals surface area contributed by atoms with E-state index in [9.17, 15) is 9.59 Å². The highest BCUT2D eigenvalue weighted by molar-refractivity contribution is 5.98. The van der Waals surface area contributed by atoms with Gasteiger partial charge >= 0.3 is 0 Å². The number of piperazine rings is 1. The normalized spacial score (nSPS) is 15.9. The summed E-state index contributed by atoms with van der Waals surface area (Å²) in [5.74, 6) is 2.33. The van der Waals surface area contributed by atoms with Crippen molar-refractivity contribution in [2.75, 3.05) is 66.0 Å². The second-order valence-corrected chi connectivity index (χ2v) is 8.26. The molecule has 2 aliphatic heterocycles. The first-order valence-corrected chi connectivity index (χ1v) is 11.4. The Kier molecular flexibility index (Phi) is 7.42. The van der Waals surface area contributed by atoms with E-state index in [-0.39, 0.29) is 11.8 Å². The van der Waals surface area contributed by atoms with Crippen molar-refractivity contribution in [2.45, 2.75) is 12.8 Å². The number of ether oxygens (including phenoxy) is 4. The predicted octanol–water partition coefficient (Wildman–Crippen LogP) is 2.43. The Balaban J connectivity index is 1.27. The van der Waals surface area contributed by atoms with Crippen LogP contribution in [0, 0.1) is 0 Å². The van der Waals surface area contributed by atoms with Gasteiger partial charge in [0.2, 0.25) is 11.7 Å². The van der Waals surface area contributed by atoms with Crippen LogP contribution in [0.1, 0.15) is 22.3 Å². The molecular formula is C25H31N3O6. The molecule has 0 spiro atoms. The number of amides is 2. The Bertz CT molecular complexity index is 1020. The van der Waals surface area contributed by atoms with Gasteiger partial charge in [-0.15, -0.1) is 0 Å². The molecule has 2 aliphatic rings. The van der Waals surface area contributed by atoms with Gasteiger partial charge < -0.3 is 29.2 Å². The van der Waals surface area contributed by atoms with E-state index in [0.717, 1.165) is 30.9 Å². The van der Waals surface area contributed by atoms with Crippen LogP contribution < -0.4 is 24.3 Å². The molecule has 0 bridgehead atoms. The fourth-order valence-corrected chi connectivity index (χ4v) is 4.31. The van der Waals surface area contributed by atoms with Crippen molar-refractivity contribution in [2.24, 2.45) is 0 Å². The number of hydrogen-bond acceptors (Lipinski definition) is 7. The number of nitrogens with one attached hydrogen (secondary N) is 1. The molecule has 2 aromatic rings. The first-order chi connectivity index (χ1) is 16.5. The molecule has 0 unspecified atom stereocenters. The predicted molar refractivity (Wildman–Crippen MR) is 127 cm³/mol. The number of carbonyl (C=O) groups excluding carboxylic acids is 2. The van der Waals surface area contributed by atoms with Gasteiger partial charge in [0.25, 0.3) is 5.91 Å². The van der Waals surface area contributed by atoms with Crippen LogP contribution in [0.15, 0.2) is 30.3 Å². The van der Waals surface area contributed by atoms with Gasteiger partial charge in [-0.2, -0.15) is 0 Å². The van der Waals surface area contributed by atoms with E-state index < -0.39 is 0 Å². The Hall–Kier alpha value is -3.46. The van der Waals surface area contributed by atoms with Crippen LogP contribution >= 0.6 is 0 Å². The zero-order chi connectivity index (χ0) is 24.1. The monoisotopic (exact) mass is 469 g/mol. The standard InChI is InChI=1S/C25H31N3O6/c1-31-21-15-19(16-22(32-2)24(21)33-3)34-13-12-27-8-10-28(11-9-27)25(30)18-4-6-20-17(14-18)5-7-23(29)26-20/h4,6,14-16H,5,7-13H2,1-3H3,(H,26,29). The number of nitrogens with zero attached hydrogens (tertiary/aromatic N) is 2. The van der Waals surface area contributed by atoms with Crippen molar-refractivity contribution in [3.63, 3.8) is 0 Å². The molecule has 0 saturated carbocycles. The molecule has 4 rings (SSSR count). The summed E-state index contributed by atoms with van der Waals surface area (Å²) in [4.78, 5) is 28.7. The van der Waals surface area contributed by atoms with Crippen molar-refractivity contribution in [3.8, 4) is 23.0 Å². The van der Waals surface area contributed by atoms with E-state index in [1.807, 2.05) is 17.0 Å². The van der Waals surface area contributed by atoms with Crippen LogP contribution in [0.3, 0.4) is 0 Å². The molecular weight excluding hydrogens is 438 g/mol. The van der Waals surface area contributed by atoms with Crippen molar-refractivity contribution >= 4 is 17.5 Å². The molecule has 34 heavy (non-hydrogen) atoms. The Morgan fingerprint density at radius 2 is 1.65 bits per heavy atom. The van der Waals surface area contributed by atoms with Crippen LogP contribution in [0.4, 0.5) is 5.69 Å². The third kappa shape index (κ3) is 5.20. The van der Waals surface area contributed by atoms with Crippen molar-refractivity contribution < 1.29 is 28.5 Å². The third-order valence-corrected chi connectivity index (χ3v) is 6.22. The van der Waals surface area contributed by atoms with Crippen LogP contribution in [0.5, 0.6) is 23.0 Å². The van der Waals surface area contributed by atoms with Crippen LogP contribution in [0.25, 0.3) is 0 Å². The molecule has 1 fully saturated rings. The fraction of sp³-hybridized carbons (Fsp3) is 0.440. The lowest BCUT2D eigenvalue weighted by Gasteiger charge is -2.34. The summed E-state index contributed by atoms with van der Waals surface area (Å²) >= 11 is 0. The van der Waals surface area contributed by atoms with E-state index in [2.05, 4.69) is 10.2 Å². The summed E-state index contributed by atoms with van der Waals surface area (Å²) in [6, 6.07) is 9.10. The number of rotatable bonds is 8. The minimum atomic E-state index is 0.0249. The number of anilines is 1. The zero-order valence-corrected chi connectivity index (χ0v) is 19.9. The van der Waals surface area contributed by atoms with Gasteiger partial charge in [0.15, 0.2) is 11.5 Å². The minimum absolute atomic E-state index is 0.0249. The van der Waals surface area contributed by atoms with E-state index in [0.29, 0.717) is 61.1 Å². The Labute approximate surface area is 199 Å². The molecule has 9 nitrogen and oxygen atoms in total. The smallest absolute Gasteiger partial charge is 0.253 e. The van der Waals surface area contributed by atoms with Crippen molar-refractivity contribution in [1.82, 2.24) is 9.80 Å². The molecule has 0 atom stereocenters. The molecule has 0 aromatic heterocycles. The Morgan fingerprint density at radius 1 is 0.941 bits per heavy atom. The second kappa shape index (κ2) is 10.6. The maximum absolute atomic E-state index is 13.0. The van der Waals surface area contributed by atoms with Gasteiger partial charge in [0.1, 0.15) is 12.4 Å². The highest BCUT2D eigenvalue weighted by Gasteiger charge is 2.24. The lowest BCUT2D eigenvalue weighted by molar-refractivity contribution is -0.116. The third-order valence-electron chi connectivity index (χ3n) is 6.22. The highest BCUT2D eigenvalue weighted by Crippen LogP contribution is 2.40. The van der Waals surface area contributed by atoms with Crippen LogP contribution in [-0.4, -0.2) is 82.3 Å². The average Bonchev–Trinajstić information content (AvgIpc) is 2.87. The SMILES string of the molecule is COc1cc(OCCN2CCN(C(=O)c3ccc4c(c3)CCC(=O)N4)CC2)cc(OC)c1OC. The number of methoxy groups -OCH3 is 3. The first kappa shape index (κ1) is 23.7. The molecule has 2 amide bonds. The molecule has 2 aromatic carbocycles. The summed E-state index contributed by atoms with van der Waals surface area (Å²) in [6.07, 6.45) is 1.13. The molecule has 9 heteroatoms. The fourth-order valence-electron chi connectivity index (χ4n) is 4.31. The van der Waals surface area contributed by atoms with Gasteiger partial charge in [-0.1, -0.05) is 0 Å². The first-order valence-electron chi connectivity index (χ1n) is 11.4. The van der Waals surface area contributed by atoms with Crippen LogP contribution in [0.2, 0.25) is 0 Å². The minimum Gasteiger partial charge on any atom is -0.493 e.